The zero-order chi connectivity index (χ0) is 13.2. The zero-order valence-electron chi connectivity index (χ0n) is 9.42. The van der Waals surface area contributed by atoms with Gasteiger partial charge < -0.3 is 0 Å². The Hall–Kier alpha value is -1.02. The van der Waals surface area contributed by atoms with E-state index in [1.54, 1.807) is 0 Å². The number of hydrogen-bond acceptors (Lipinski definition) is 5. The van der Waals surface area contributed by atoms with Crippen molar-refractivity contribution in [2.75, 3.05) is 0 Å². The first-order valence-corrected chi connectivity index (χ1v) is 7.74. The third-order valence-corrected chi connectivity index (χ3v) is 4.91. The lowest BCUT2D eigenvalue weighted by Gasteiger charge is -2.05. The van der Waals surface area contributed by atoms with E-state index in [4.69, 9.17) is 11.6 Å². The molecule has 0 atom stereocenters. The molecule has 0 aliphatic rings. The van der Waals surface area contributed by atoms with E-state index in [0.29, 0.717) is 5.01 Å². The van der Waals surface area contributed by atoms with Gasteiger partial charge in [-0.3, -0.25) is 0 Å². The molecule has 0 aliphatic carbocycles. The van der Waals surface area contributed by atoms with Gasteiger partial charge in [0.15, 0.2) is 0 Å². The molecule has 5 nitrogen and oxygen atoms in total. The summed E-state index contributed by atoms with van der Waals surface area (Å²) in [7, 11) is -3.66. The van der Waals surface area contributed by atoms with E-state index in [2.05, 4.69) is 14.7 Å². The number of halogens is 1. The van der Waals surface area contributed by atoms with Crippen molar-refractivity contribution in [3.8, 4) is 0 Å². The van der Waals surface area contributed by atoms with Crippen molar-refractivity contribution < 1.29 is 8.42 Å². The predicted octanol–water partition coefficient (Wildman–Crippen LogP) is 1.98. The summed E-state index contributed by atoms with van der Waals surface area (Å²) in [6.45, 7) is 2.00. The van der Waals surface area contributed by atoms with E-state index in [1.165, 1.54) is 29.7 Å². The molecule has 0 amide bonds. The third kappa shape index (κ3) is 3.05. The molecule has 18 heavy (non-hydrogen) atoms. The molecule has 96 valence electrons. The Kier molecular flexibility index (Phi) is 3.96. The maximum atomic E-state index is 12.0. The van der Waals surface area contributed by atoms with Gasteiger partial charge >= 0.3 is 0 Å². The number of aryl methyl sites for hydroxylation is 1. The average Bonchev–Trinajstić information content (AvgIpc) is 2.73. The Morgan fingerprint density at radius 2 is 2.28 bits per heavy atom. The van der Waals surface area contributed by atoms with Crippen molar-refractivity contribution in [2.45, 2.75) is 18.4 Å². The normalized spacial score (nSPS) is 11.7. The molecule has 0 saturated carbocycles. The molecule has 2 heterocycles. The van der Waals surface area contributed by atoms with Gasteiger partial charge in [-0.15, -0.1) is 11.3 Å². The number of nitrogens with one attached hydrogen (secondary N) is 1. The molecule has 0 aliphatic heterocycles. The Balaban J connectivity index is 2.16. The lowest BCUT2D eigenvalue weighted by Crippen LogP contribution is -2.23. The fourth-order valence-electron chi connectivity index (χ4n) is 1.29. The summed E-state index contributed by atoms with van der Waals surface area (Å²) in [5.41, 5.74) is 0.869. The number of nitrogens with zero attached hydrogens (tertiary/aromatic N) is 2. The van der Waals surface area contributed by atoms with Crippen LogP contribution in [-0.4, -0.2) is 18.4 Å². The van der Waals surface area contributed by atoms with Gasteiger partial charge in [0.2, 0.25) is 10.0 Å². The van der Waals surface area contributed by atoms with Crippen molar-refractivity contribution in [3.05, 3.63) is 39.6 Å². The van der Waals surface area contributed by atoms with Gasteiger partial charge in [-0.25, -0.2) is 23.1 Å². The van der Waals surface area contributed by atoms with Gasteiger partial charge in [0.25, 0.3) is 0 Å². The molecule has 0 saturated heterocycles. The molecule has 2 aromatic heterocycles. The van der Waals surface area contributed by atoms with E-state index in [-0.39, 0.29) is 16.6 Å². The highest BCUT2D eigenvalue weighted by Crippen LogP contribution is 2.18. The van der Waals surface area contributed by atoms with Crippen molar-refractivity contribution in [1.82, 2.24) is 14.7 Å². The standard InChI is InChI=1S/C10H10ClN3O2S2/c1-7-6-17-9(14-7)5-13-18(15,16)8-3-2-4-12-10(8)11/h2-4,6,13H,5H2,1H3. The number of sulfonamides is 1. The van der Waals surface area contributed by atoms with Gasteiger partial charge in [0.05, 0.1) is 6.54 Å². The quantitative estimate of drug-likeness (QED) is 0.877. The van der Waals surface area contributed by atoms with E-state index in [1.807, 2.05) is 12.3 Å². The highest BCUT2D eigenvalue weighted by atomic mass is 35.5. The van der Waals surface area contributed by atoms with Crippen LogP contribution in [0.25, 0.3) is 0 Å². The third-order valence-electron chi connectivity index (χ3n) is 2.09. The van der Waals surface area contributed by atoms with Crippen LogP contribution in [0.1, 0.15) is 10.7 Å². The second kappa shape index (κ2) is 5.31. The summed E-state index contributed by atoms with van der Waals surface area (Å²) in [5.74, 6) is 0. The summed E-state index contributed by atoms with van der Waals surface area (Å²) >= 11 is 7.15. The Labute approximate surface area is 114 Å². The first-order chi connectivity index (χ1) is 8.49. The molecule has 1 N–H and O–H groups in total. The molecule has 2 aromatic rings. The van der Waals surface area contributed by atoms with E-state index < -0.39 is 10.0 Å². The minimum Gasteiger partial charge on any atom is -0.245 e. The van der Waals surface area contributed by atoms with Crippen LogP contribution in [0.3, 0.4) is 0 Å². The summed E-state index contributed by atoms with van der Waals surface area (Å²) < 4.78 is 26.4. The van der Waals surface area contributed by atoms with Crippen LogP contribution >= 0.6 is 22.9 Å². The summed E-state index contributed by atoms with van der Waals surface area (Å²) in [5, 5.41) is 2.53. The van der Waals surface area contributed by atoms with Gasteiger partial charge in [0, 0.05) is 17.3 Å². The SMILES string of the molecule is Cc1csc(CNS(=O)(=O)c2cccnc2Cl)n1. The highest BCUT2D eigenvalue weighted by Gasteiger charge is 2.18. The molecule has 0 bridgehead atoms. The van der Waals surface area contributed by atoms with Crippen molar-refractivity contribution in [2.24, 2.45) is 0 Å². The fourth-order valence-corrected chi connectivity index (χ4v) is 3.53. The fraction of sp³-hybridized carbons (Fsp3) is 0.200. The minimum absolute atomic E-state index is 0.0278. The lowest BCUT2D eigenvalue weighted by atomic mass is 10.5. The van der Waals surface area contributed by atoms with Gasteiger partial charge in [-0.2, -0.15) is 0 Å². The number of rotatable bonds is 4. The van der Waals surface area contributed by atoms with Gasteiger partial charge in [-0.1, -0.05) is 11.6 Å². The number of pyridine rings is 1. The van der Waals surface area contributed by atoms with Crippen LogP contribution in [0.5, 0.6) is 0 Å². The molecule has 0 unspecified atom stereocenters. The molecule has 8 heteroatoms. The summed E-state index contributed by atoms with van der Waals surface area (Å²) in [4.78, 5) is 7.88. The predicted molar refractivity (Wildman–Crippen MR) is 70.1 cm³/mol. The summed E-state index contributed by atoms with van der Waals surface area (Å²) in [6.07, 6.45) is 1.44. The van der Waals surface area contributed by atoms with Crippen LogP contribution in [0.4, 0.5) is 0 Å². The smallest absolute Gasteiger partial charge is 0.244 e. The first kappa shape index (κ1) is 13.4. The molecule has 0 fully saturated rings. The van der Waals surface area contributed by atoms with E-state index >= 15 is 0 Å². The maximum absolute atomic E-state index is 12.0. The Bertz CT molecular complexity index is 655. The van der Waals surface area contributed by atoms with Crippen molar-refractivity contribution in [3.63, 3.8) is 0 Å². The largest absolute Gasteiger partial charge is 0.245 e. The molecule has 2 rings (SSSR count). The number of hydrogen-bond donors (Lipinski definition) is 1. The van der Waals surface area contributed by atoms with Crippen molar-refractivity contribution >= 4 is 33.0 Å². The van der Waals surface area contributed by atoms with Crippen LogP contribution in [0.2, 0.25) is 5.15 Å². The van der Waals surface area contributed by atoms with E-state index in [9.17, 15) is 8.42 Å². The lowest BCUT2D eigenvalue weighted by molar-refractivity contribution is 0.580. The van der Waals surface area contributed by atoms with Gasteiger partial charge in [0.1, 0.15) is 15.1 Å². The molecule has 0 aromatic carbocycles. The number of thiazole rings is 1. The van der Waals surface area contributed by atoms with Crippen LogP contribution < -0.4 is 4.72 Å². The maximum Gasteiger partial charge on any atom is 0.244 e. The Morgan fingerprint density at radius 3 is 2.89 bits per heavy atom. The van der Waals surface area contributed by atoms with Crippen LogP contribution in [-0.2, 0) is 16.6 Å². The Morgan fingerprint density at radius 1 is 1.50 bits per heavy atom. The monoisotopic (exact) mass is 303 g/mol. The van der Waals surface area contributed by atoms with Gasteiger partial charge in [-0.05, 0) is 19.1 Å². The zero-order valence-corrected chi connectivity index (χ0v) is 11.8. The second-order valence-corrected chi connectivity index (χ2v) is 6.54. The first-order valence-electron chi connectivity index (χ1n) is 5.00. The minimum atomic E-state index is -3.66. The summed E-state index contributed by atoms with van der Waals surface area (Å²) in [6, 6.07) is 2.93. The van der Waals surface area contributed by atoms with Crippen LogP contribution in [0, 0.1) is 6.92 Å². The van der Waals surface area contributed by atoms with E-state index in [0.717, 1.165) is 5.69 Å². The molecular formula is C10H10ClN3O2S2. The average molecular weight is 304 g/mol. The highest BCUT2D eigenvalue weighted by molar-refractivity contribution is 7.89. The topological polar surface area (TPSA) is 72.0 Å². The van der Waals surface area contributed by atoms with Crippen molar-refractivity contribution in [1.29, 1.82) is 0 Å². The molecule has 0 spiro atoms. The van der Waals surface area contributed by atoms with Crippen LogP contribution in [0.15, 0.2) is 28.6 Å². The number of aromatic nitrogens is 2. The second-order valence-electron chi connectivity index (χ2n) is 3.50. The molecule has 0 radical (unpaired) electrons. The molecular weight excluding hydrogens is 294 g/mol.